The number of ether oxygens (including phenoxy) is 1. The van der Waals surface area contributed by atoms with Gasteiger partial charge in [0.05, 0.1) is 6.42 Å². The number of carbonyl (C=O) groups excluding carboxylic acids is 2. The molecule has 0 unspecified atom stereocenters. The number of para-hydroxylation sites is 1. The van der Waals surface area contributed by atoms with Crippen molar-refractivity contribution in [1.82, 2.24) is 5.48 Å². The summed E-state index contributed by atoms with van der Waals surface area (Å²) in [6, 6.07) is 23.0. The van der Waals surface area contributed by atoms with Crippen LogP contribution in [0.25, 0.3) is 0 Å². The Kier molecular flexibility index (Phi) is 5.81. The summed E-state index contributed by atoms with van der Waals surface area (Å²) in [5.74, 6) is 0.589. The average molecular weight is 362 g/mol. The predicted molar refractivity (Wildman–Crippen MR) is 101 cm³/mol. The molecule has 0 bridgehead atoms. The van der Waals surface area contributed by atoms with Gasteiger partial charge in [-0.3, -0.25) is 14.8 Å². The number of hydroxylamine groups is 1. The van der Waals surface area contributed by atoms with E-state index in [4.69, 9.17) is 9.94 Å². The minimum absolute atomic E-state index is 0.185. The number of nitrogens with one attached hydrogen (secondary N) is 2. The highest BCUT2D eigenvalue weighted by Gasteiger charge is 2.08. The van der Waals surface area contributed by atoms with Crippen LogP contribution >= 0.6 is 0 Å². The van der Waals surface area contributed by atoms with E-state index in [1.54, 1.807) is 17.6 Å². The van der Waals surface area contributed by atoms with Crippen molar-refractivity contribution in [3.05, 3.63) is 90.0 Å². The zero-order chi connectivity index (χ0) is 19.1. The number of rotatable bonds is 6. The molecule has 0 spiro atoms. The third kappa shape index (κ3) is 5.17. The molecule has 0 aliphatic carbocycles. The normalized spacial score (nSPS) is 10.1. The molecule has 0 fully saturated rings. The topological polar surface area (TPSA) is 87.7 Å². The SMILES string of the molecule is O=C(Cc1cccc(Oc2ccccc2)c1)Nc1ccc(C(=O)NO)cc1. The van der Waals surface area contributed by atoms with Gasteiger partial charge in [0.2, 0.25) is 5.91 Å². The average Bonchev–Trinajstić information content (AvgIpc) is 2.69. The van der Waals surface area contributed by atoms with Crippen LogP contribution in [0.2, 0.25) is 0 Å². The second-order valence-corrected chi connectivity index (χ2v) is 5.81. The van der Waals surface area contributed by atoms with Crippen molar-refractivity contribution >= 4 is 17.5 Å². The van der Waals surface area contributed by atoms with E-state index in [1.165, 1.54) is 12.1 Å². The van der Waals surface area contributed by atoms with Crippen molar-refractivity contribution in [3.63, 3.8) is 0 Å². The summed E-state index contributed by atoms with van der Waals surface area (Å²) in [6.07, 6.45) is 0.185. The molecule has 0 aliphatic rings. The molecule has 6 nitrogen and oxygen atoms in total. The van der Waals surface area contributed by atoms with Crippen LogP contribution in [0.4, 0.5) is 5.69 Å². The van der Waals surface area contributed by atoms with Gasteiger partial charge in [-0.2, -0.15) is 0 Å². The molecule has 27 heavy (non-hydrogen) atoms. The molecule has 0 saturated heterocycles. The fourth-order valence-corrected chi connectivity index (χ4v) is 2.50. The predicted octanol–water partition coefficient (Wildman–Crippen LogP) is 3.78. The van der Waals surface area contributed by atoms with Crippen LogP contribution in [0.3, 0.4) is 0 Å². The van der Waals surface area contributed by atoms with Crippen molar-refractivity contribution in [2.45, 2.75) is 6.42 Å². The molecule has 2 amide bonds. The van der Waals surface area contributed by atoms with Gasteiger partial charge in [-0.25, -0.2) is 5.48 Å². The molecule has 3 rings (SSSR count). The quantitative estimate of drug-likeness (QED) is 0.460. The molecular formula is C21H18N2O4. The zero-order valence-corrected chi connectivity index (χ0v) is 14.4. The largest absolute Gasteiger partial charge is 0.457 e. The van der Waals surface area contributed by atoms with Gasteiger partial charge in [-0.15, -0.1) is 0 Å². The minimum Gasteiger partial charge on any atom is -0.457 e. The van der Waals surface area contributed by atoms with E-state index in [0.717, 1.165) is 11.3 Å². The number of hydrogen-bond acceptors (Lipinski definition) is 4. The lowest BCUT2D eigenvalue weighted by Gasteiger charge is -2.09. The van der Waals surface area contributed by atoms with Gasteiger partial charge in [0.15, 0.2) is 0 Å². The van der Waals surface area contributed by atoms with Crippen LogP contribution in [0, 0.1) is 0 Å². The third-order valence-electron chi connectivity index (χ3n) is 3.77. The first-order chi connectivity index (χ1) is 13.1. The molecule has 0 aromatic heterocycles. The molecule has 0 saturated carbocycles. The van der Waals surface area contributed by atoms with E-state index < -0.39 is 5.91 Å². The number of benzene rings is 3. The Morgan fingerprint density at radius 1 is 0.852 bits per heavy atom. The molecule has 0 aliphatic heterocycles. The smallest absolute Gasteiger partial charge is 0.274 e. The molecule has 0 radical (unpaired) electrons. The van der Waals surface area contributed by atoms with E-state index in [0.29, 0.717) is 17.0 Å². The van der Waals surface area contributed by atoms with E-state index in [1.807, 2.05) is 54.6 Å². The Morgan fingerprint density at radius 2 is 1.56 bits per heavy atom. The lowest BCUT2D eigenvalue weighted by Crippen LogP contribution is -2.18. The summed E-state index contributed by atoms with van der Waals surface area (Å²) >= 11 is 0. The lowest BCUT2D eigenvalue weighted by molar-refractivity contribution is -0.115. The van der Waals surface area contributed by atoms with Gasteiger partial charge in [0.1, 0.15) is 11.5 Å². The van der Waals surface area contributed by atoms with Crippen LogP contribution in [0.5, 0.6) is 11.5 Å². The van der Waals surface area contributed by atoms with Crippen LogP contribution in [0.15, 0.2) is 78.9 Å². The summed E-state index contributed by atoms with van der Waals surface area (Å²) in [4.78, 5) is 23.5. The van der Waals surface area contributed by atoms with Crippen molar-refractivity contribution in [2.75, 3.05) is 5.32 Å². The Morgan fingerprint density at radius 3 is 2.26 bits per heavy atom. The maximum atomic E-state index is 12.3. The van der Waals surface area contributed by atoms with Gasteiger partial charge < -0.3 is 10.1 Å². The Hall–Kier alpha value is -3.64. The van der Waals surface area contributed by atoms with Crippen molar-refractivity contribution in [1.29, 1.82) is 0 Å². The Labute approximate surface area is 156 Å². The first-order valence-corrected chi connectivity index (χ1v) is 8.30. The molecule has 3 aromatic carbocycles. The number of amides is 2. The summed E-state index contributed by atoms with van der Waals surface area (Å²) in [7, 11) is 0. The van der Waals surface area contributed by atoms with E-state index >= 15 is 0 Å². The van der Waals surface area contributed by atoms with Crippen LogP contribution in [0.1, 0.15) is 15.9 Å². The highest BCUT2D eigenvalue weighted by atomic mass is 16.5. The molecule has 3 N–H and O–H groups in total. The van der Waals surface area contributed by atoms with Gasteiger partial charge in [-0.05, 0) is 54.1 Å². The first-order valence-electron chi connectivity index (χ1n) is 8.30. The molecule has 6 heteroatoms. The maximum Gasteiger partial charge on any atom is 0.274 e. The zero-order valence-electron chi connectivity index (χ0n) is 14.4. The van der Waals surface area contributed by atoms with Gasteiger partial charge in [0, 0.05) is 11.3 Å². The molecule has 3 aromatic rings. The molecule has 0 heterocycles. The van der Waals surface area contributed by atoms with Gasteiger partial charge >= 0.3 is 0 Å². The van der Waals surface area contributed by atoms with E-state index in [9.17, 15) is 9.59 Å². The van der Waals surface area contributed by atoms with Gasteiger partial charge in [-0.1, -0.05) is 30.3 Å². The van der Waals surface area contributed by atoms with Crippen molar-refractivity contribution in [3.8, 4) is 11.5 Å². The highest BCUT2D eigenvalue weighted by Crippen LogP contribution is 2.22. The number of anilines is 1. The number of carbonyl (C=O) groups is 2. The maximum absolute atomic E-state index is 12.3. The second-order valence-electron chi connectivity index (χ2n) is 5.81. The van der Waals surface area contributed by atoms with Gasteiger partial charge in [0.25, 0.3) is 5.91 Å². The molecule has 136 valence electrons. The number of hydrogen-bond donors (Lipinski definition) is 3. The van der Waals surface area contributed by atoms with Crippen molar-refractivity contribution in [2.24, 2.45) is 0 Å². The lowest BCUT2D eigenvalue weighted by atomic mass is 10.1. The highest BCUT2D eigenvalue weighted by molar-refractivity contribution is 5.95. The van der Waals surface area contributed by atoms with Crippen LogP contribution < -0.4 is 15.5 Å². The van der Waals surface area contributed by atoms with Crippen LogP contribution in [-0.2, 0) is 11.2 Å². The summed E-state index contributed by atoms with van der Waals surface area (Å²) in [5.41, 5.74) is 3.23. The fourth-order valence-electron chi connectivity index (χ4n) is 2.50. The van der Waals surface area contributed by atoms with Crippen LogP contribution in [-0.4, -0.2) is 17.0 Å². The monoisotopic (exact) mass is 362 g/mol. The Balaban J connectivity index is 1.61. The minimum atomic E-state index is -0.608. The fraction of sp³-hybridized carbons (Fsp3) is 0.0476. The molecular weight excluding hydrogens is 344 g/mol. The second kappa shape index (κ2) is 8.64. The summed E-state index contributed by atoms with van der Waals surface area (Å²) in [5, 5.41) is 11.4. The van der Waals surface area contributed by atoms with E-state index in [-0.39, 0.29) is 12.3 Å². The molecule has 0 atom stereocenters. The standard InChI is InChI=1S/C21H18N2O4/c24-20(22-17-11-9-16(10-12-17)21(25)23-26)14-15-5-4-8-19(13-15)27-18-6-2-1-3-7-18/h1-13,26H,14H2,(H,22,24)(H,23,25). The third-order valence-corrected chi connectivity index (χ3v) is 3.77. The first kappa shape index (κ1) is 18.2. The van der Waals surface area contributed by atoms with E-state index in [2.05, 4.69) is 5.32 Å². The Bertz CT molecular complexity index is 924. The van der Waals surface area contributed by atoms with Crippen molar-refractivity contribution < 1.29 is 19.5 Å². The summed E-state index contributed by atoms with van der Waals surface area (Å²) < 4.78 is 5.78. The summed E-state index contributed by atoms with van der Waals surface area (Å²) in [6.45, 7) is 0.